The number of carbonyl (C=O) groups is 1. The van der Waals surface area contributed by atoms with E-state index in [0.29, 0.717) is 24.2 Å². The first-order valence-corrected chi connectivity index (χ1v) is 10.5. The topological polar surface area (TPSA) is 78.7 Å². The van der Waals surface area contributed by atoms with E-state index in [0.717, 1.165) is 10.8 Å². The van der Waals surface area contributed by atoms with Crippen LogP contribution in [0.5, 0.6) is 5.75 Å². The molecule has 0 saturated heterocycles. The highest BCUT2D eigenvalue weighted by molar-refractivity contribution is 5.84. The maximum Gasteiger partial charge on any atom is 0.391 e. The van der Waals surface area contributed by atoms with Crippen molar-refractivity contribution in [1.82, 2.24) is 0 Å². The number of hydrogen-bond donors (Lipinski definition) is 0. The molecule has 0 radical (unpaired) electrons. The van der Waals surface area contributed by atoms with Gasteiger partial charge in [-0.2, -0.15) is 13.2 Å². The maximum absolute atomic E-state index is 12.8. The number of benzene rings is 2. The molecule has 0 amide bonds. The molecular weight excluding hydrogens is 427 g/mol. The van der Waals surface area contributed by atoms with Gasteiger partial charge < -0.3 is 9.47 Å². The summed E-state index contributed by atoms with van der Waals surface area (Å²) in [5, 5.41) is 13.3. The summed E-state index contributed by atoms with van der Waals surface area (Å²) in [6, 6.07) is 10.4. The van der Waals surface area contributed by atoms with E-state index in [1.807, 2.05) is 0 Å². The molecule has 32 heavy (non-hydrogen) atoms. The Labute approximate surface area is 183 Å². The van der Waals surface area contributed by atoms with Crippen LogP contribution in [0.1, 0.15) is 51.0 Å². The lowest BCUT2D eigenvalue weighted by Crippen LogP contribution is -2.32. The predicted molar refractivity (Wildman–Crippen MR) is 112 cm³/mol. The van der Waals surface area contributed by atoms with E-state index in [1.165, 1.54) is 14.0 Å². The molecule has 9 heteroatoms. The predicted octanol–water partition coefficient (Wildman–Crippen LogP) is 5.78. The molecule has 1 atom stereocenters. The molecule has 1 aliphatic carbocycles. The minimum absolute atomic E-state index is 0.0000253. The van der Waals surface area contributed by atoms with Crippen LogP contribution in [0.25, 0.3) is 10.8 Å². The number of esters is 1. The number of halogens is 3. The Kier molecular flexibility index (Phi) is 6.95. The SMILES string of the molecule is COC(=O)CCC(C)(c1ccc2cc(O[C@H]3CC[C@@H](C(F)(F)F)CC3)ccc2c1)[N+](=O)[O-]. The van der Waals surface area contributed by atoms with Crippen molar-refractivity contribution in [2.45, 2.75) is 63.3 Å². The molecule has 0 heterocycles. The van der Waals surface area contributed by atoms with Crippen LogP contribution in [-0.2, 0) is 15.1 Å². The number of nitrogens with zero attached hydrogens (tertiary/aromatic N) is 1. The van der Waals surface area contributed by atoms with E-state index in [9.17, 15) is 28.1 Å². The fraction of sp³-hybridized carbons (Fsp3) is 0.522. The lowest BCUT2D eigenvalue weighted by Gasteiger charge is -2.30. The molecule has 174 valence electrons. The second-order valence-electron chi connectivity index (χ2n) is 8.46. The van der Waals surface area contributed by atoms with Crippen molar-refractivity contribution < 1.29 is 32.4 Å². The van der Waals surface area contributed by atoms with Gasteiger partial charge in [-0.05, 0) is 54.7 Å². The van der Waals surface area contributed by atoms with Gasteiger partial charge in [0.15, 0.2) is 0 Å². The molecule has 3 rings (SSSR count). The fourth-order valence-electron chi connectivity index (χ4n) is 4.12. The number of carbonyl (C=O) groups excluding carboxylic acids is 1. The highest BCUT2D eigenvalue weighted by Crippen LogP contribution is 2.39. The van der Waals surface area contributed by atoms with Crippen molar-refractivity contribution in [2.24, 2.45) is 5.92 Å². The molecule has 0 bridgehead atoms. The fourth-order valence-corrected chi connectivity index (χ4v) is 4.12. The zero-order valence-corrected chi connectivity index (χ0v) is 18.0. The van der Waals surface area contributed by atoms with Gasteiger partial charge in [-0.1, -0.05) is 18.2 Å². The smallest absolute Gasteiger partial charge is 0.391 e. The van der Waals surface area contributed by atoms with Crippen LogP contribution in [-0.4, -0.2) is 30.3 Å². The van der Waals surface area contributed by atoms with Gasteiger partial charge in [-0.25, -0.2) is 0 Å². The first-order chi connectivity index (χ1) is 15.0. The van der Waals surface area contributed by atoms with Crippen LogP contribution >= 0.6 is 0 Å². The van der Waals surface area contributed by atoms with Crippen LogP contribution in [0.15, 0.2) is 36.4 Å². The Morgan fingerprint density at radius 1 is 1.09 bits per heavy atom. The Hall–Kier alpha value is -2.84. The van der Waals surface area contributed by atoms with Gasteiger partial charge in [-0.3, -0.25) is 14.9 Å². The molecule has 0 aliphatic heterocycles. The molecule has 0 spiro atoms. The highest BCUT2D eigenvalue weighted by Gasteiger charge is 2.42. The second-order valence-corrected chi connectivity index (χ2v) is 8.46. The van der Waals surface area contributed by atoms with Crippen LogP contribution in [0.2, 0.25) is 0 Å². The summed E-state index contributed by atoms with van der Waals surface area (Å²) in [5.74, 6) is -1.21. The van der Waals surface area contributed by atoms with Gasteiger partial charge in [0.1, 0.15) is 5.75 Å². The van der Waals surface area contributed by atoms with E-state index in [4.69, 9.17) is 4.74 Å². The zero-order valence-electron chi connectivity index (χ0n) is 18.0. The number of hydrogen-bond acceptors (Lipinski definition) is 5. The standard InChI is InChI=1S/C23H26F3NO5/c1-22(27(29)30,12-11-21(28)31-2)18-5-3-16-14-20(8-4-15(16)13-18)32-19-9-6-17(7-10-19)23(24,25)26/h3-5,8,13-14,17,19H,6-7,9-12H2,1-2H3/t17-,19+,22?. The van der Waals surface area contributed by atoms with Crippen molar-refractivity contribution >= 4 is 16.7 Å². The summed E-state index contributed by atoms with van der Waals surface area (Å²) in [6.07, 6.45) is -3.66. The molecule has 0 aromatic heterocycles. The maximum atomic E-state index is 12.8. The Balaban J connectivity index is 1.73. The van der Waals surface area contributed by atoms with Gasteiger partial charge in [-0.15, -0.1) is 0 Å². The number of fused-ring (bicyclic) bond motifs is 1. The number of alkyl halides is 3. The van der Waals surface area contributed by atoms with Gasteiger partial charge in [0, 0.05) is 23.8 Å². The van der Waals surface area contributed by atoms with Crippen molar-refractivity contribution in [3.8, 4) is 5.75 Å². The van der Waals surface area contributed by atoms with E-state index in [2.05, 4.69) is 4.74 Å². The van der Waals surface area contributed by atoms with Crippen LogP contribution in [0.3, 0.4) is 0 Å². The largest absolute Gasteiger partial charge is 0.490 e. The number of ether oxygens (including phenoxy) is 2. The summed E-state index contributed by atoms with van der Waals surface area (Å²) in [7, 11) is 1.24. The quantitative estimate of drug-likeness (QED) is 0.301. The molecule has 0 N–H and O–H groups in total. The van der Waals surface area contributed by atoms with E-state index in [1.54, 1.807) is 36.4 Å². The molecule has 1 saturated carbocycles. The van der Waals surface area contributed by atoms with Crippen LogP contribution < -0.4 is 4.74 Å². The van der Waals surface area contributed by atoms with Gasteiger partial charge in [0.2, 0.25) is 5.54 Å². The summed E-state index contributed by atoms with van der Waals surface area (Å²) >= 11 is 0. The minimum atomic E-state index is -4.15. The Morgan fingerprint density at radius 2 is 1.72 bits per heavy atom. The van der Waals surface area contributed by atoms with Gasteiger partial charge >= 0.3 is 12.1 Å². The first-order valence-electron chi connectivity index (χ1n) is 10.5. The van der Waals surface area contributed by atoms with E-state index >= 15 is 0 Å². The van der Waals surface area contributed by atoms with E-state index in [-0.39, 0.29) is 31.8 Å². The van der Waals surface area contributed by atoms with E-state index < -0.39 is 28.5 Å². The van der Waals surface area contributed by atoms with Crippen molar-refractivity contribution in [3.63, 3.8) is 0 Å². The molecule has 1 fully saturated rings. The lowest BCUT2D eigenvalue weighted by atomic mass is 9.86. The molecular formula is C23H26F3NO5. The first kappa shape index (κ1) is 23.8. The summed E-state index contributed by atoms with van der Waals surface area (Å²) in [5.41, 5.74) is -0.979. The van der Waals surface area contributed by atoms with Crippen LogP contribution in [0.4, 0.5) is 13.2 Å². The average molecular weight is 453 g/mol. The number of rotatable bonds is 7. The minimum Gasteiger partial charge on any atom is -0.490 e. The third-order valence-corrected chi connectivity index (χ3v) is 6.32. The molecule has 2 aromatic carbocycles. The Bertz CT molecular complexity index is 985. The summed E-state index contributed by atoms with van der Waals surface area (Å²) < 4.78 is 49.0. The average Bonchev–Trinajstić information content (AvgIpc) is 2.76. The van der Waals surface area contributed by atoms with Gasteiger partial charge in [0.25, 0.3) is 0 Å². The second kappa shape index (κ2) is 9.34. The number of nitro groups is 1. The third-order valence-electron chi connectivity index (χ3n) is 6.32. The number of methoxy groups -OCH3 is 1. The Morgan fingerprint density at radius 3 is 2.31 bits per heavy atom. The van der Waals surface area contributed by atoms with Crippen molar-refractivity contribution in [3.05, 3.63) is 52.1 Å². The lowest BCUT2D eigenvalue weighted by molar-refractivity contribution is -0.575. The van der Waals surface area contributed by atoms with Crippen LogP contribution in [0, 0.1) is 16.0 Å². The van der Waals surface area contributed by atoms with Gasteiger partial charge in [0.05, 0.1) is 25.6 Å². The molecule has 2 aromatic rings. The summed E-state index contributed by atoms with van der Waals surface area (Å²) in [6.45, 7) is 1.48. The van der Waals surface area contributed by atoms with Crippen molar-refractivity contribution in [1.29, 1.82) is 0 Å². The summed E-state index contributed by atoms with van der Waals surface area (Å²) in [4.78, 5) is 22.9. The van der Waals surface area contributed by atoms with Crippen molar-refractivity contribution in [2.75, 3.05) is 7.11 Å². The zero-order chi connectivity index (χ0) is 23.5. The monoisotopic (exact) mass is 453 g/mol. The normalized spacial score (nSPS) is 21.0. The molecule has 1 aliphatic rings. The molecule has 1 unspecified atom stereocenters. The molecule has 6 nitrogen and oxygen atoms in total. The third kappa shape index (κ3) is 5.31. The highest BCUT2D eigenvalue weighted by atomic mass is 19.4.